The summed E-state index contributed by atoms with van der Waals surface area (Å²) in [7, 11) is -3.64. The van der Waals surface area contributed by atoms with Crippen LogP contribution in [0.2, 0.25) is 0 Å². The highest BCUT2D eigenvalue weighted by atomic mass is 32.2. The number of hydrogen-bond donors (Lipinski definition) is 1. The molecule has 2 aromatic carbocycles. The SMILES string of the molecule is O=C(Nc1nc2c(s1)CN(S(=O)(=O)c1ccc3ccccc3c1)CC2)c1ccco1. The molecule has 0 bridgehead atoms. The number of fused-ring (bicyclic) bond motifs is 2. The third-order valence-electron chi connectivity index (χ3n) is 5.02. The Kier molecular flexibility index (Phi) is 4.65. The summed E-state index contributed by atoms with van der Waals surface area (Å²) in [5, 5.41) is 5.03. The zero-order valence-corrected chi connectivity index (χ0v) is 17.4. The molecule has 0 unspecified atom stereocenters. The van der Waals surface area contributed by atoms with E-state index in [9.17, 15) is 13.2 Å². The fraction of sp³-hybridized carbons (Fsp3) is 0.143. The number of nitrogens with one attached hydrogen (secondary N) is 1. The molecule has 9 heteroatoms. The molecule has 1 aliphatic rings. The molecule has 0 spiro atoms. The second kappa shape index (κ2) is 7.35. The minimum atomic E-state index is -3.64. The van der Waals surface area contributed by atoms with Crippen molar-refractivity contribution in [1.82, 2.24) is 9.29 Å². The van der Waals surface area contributed by atoms with Gasteiger partial charge < -0.3 is 4.42 Å². The van der Waals surface area contributed by atoms with Gasteiger partial charge in [-0.25, -0.2) is 13.4 Å². The van der Waals surface area contributed by atoms with Gasteiger partial charge >= 0.3 is 0 Å². The highest BCUT2D eigenvalue weighted by Gasteiger charge is 2.31. The Hall–Kier alpha value is -3.01. The number of carbonyl (C=O) groups excluding carboxylic acids is 1. The average molecular weight is 440 g/mol. The Morgan fingerprint density at radius 1 is 1.10 bits per heavy atom. The molecule has 2 aromatic heterocycles. The normalized spacial score (nSPS) is 14.5. The van der Waals surface area contributed by atoms with Gasteiger partial charge in [-0.3, -0.25) is 10.1 Å². The first-order valence-corrected chi connectivity index (χ1v) is 11.6. The fourth-order valence-electron chi connectivity index (χ4n) is 3.47. The molecule has 3 heterocycles. The van der Waals surface area contributed by atoms with Crippen molar-refractivity contribution in [3.63, 3.8) is 0 Å². The van der Waals surface area contributed by atoms with Gasteiger partial charge in [0.2, 0.25) is 10.0 Å². The van der Waals surface area contributed by atoms with Crippen LogP contribution in [0.25, 0.3) is 10.8 Å². The Morgan fingerprint density at radius 2 is 1.93 bits per heavy atom. The molecule has 0 atom stereocenters. The monoisotopic (exact) mass is 439 g/mol. The van der Waals surface area contributed by atoms with Crippen molar-refractivity contribution in [3.05, 3.63) is 77.2 Å². The van der Waals surface area contributed by atoms with Gasteiger partial charge in [0.25, 0.3) is 5.91 Å². The minimum Gasteiger partial charge on any atom is -0.459 e. The summed E-state index contributed by atoms with van der Waals surface area (Å²) in [6.07, 6.45) is 1.92. The maximum absolute atomic E-state index is 13.2. The summed E-state index contributed by atoms with van der Waals surface area (Å²) < 4.78 is 33.0. The number of carbonyl (C=O) groups is 1. The molecule has 1 N–H and O–H groups in total. The van der Waals surface area contributed by atoms with Crippen LogP contribution in [0.3, 0.4) is 0 Å². The lowest BCUT2D eigenvalue weighted by molar-refractivity contribution is 0.0996. The van der Waals surface area contributed by atoms with Crippen LogP contribution < -0.4 is 5.32 Å². The van der Waals surface area contributed by atoms with Crippen LogP contribution in [0, 0.1) is 0 Å². The van der Waals surface area contributed by atoms with Crippen LogP contribution in [-0.4, -0.2) is 30.2 Å². The molecule has 5 rings (SSSR count). The fourth-order valence-corrected chi connectivity index (χ4v) is 6.02. The molecule has 0 saturated heterocycles. The molecule has 152 valence electrons. The predicted octanol–water partition coefficient (Wildman–Crippen LogP) is 3.89. The van der Waals surface area contributed by atoms with E-state index in [4.69, 9.17) is 4.42 Å². The third-order valence-corrected chi connectivity index (χ3v) is 7.86. The van der Waals surface area contributed by atoms with E-state index >= 15 is 0 Å². The van der Waals surface area contributed by atoms with Crippen molar-refractivity contribution in [2.75, 3.05) is 11.9 Å². The van der Waals surface area contributed by atoms with Crippen molar-refractivity contribution in [2.24, 2.45) is 0 Å². The third kappa shape index (κ3) is 3.41. The van der Waals surface area contributed by atoms with Gasteiger partial charge in [0, 0.05) is 17.8 Å². The van der Waals surface area contributed by atoms with Gasteiger partial charge in [0.1, 0.15) is 0 Å². The smallest absolute Gasteiger partial charge is 0.293 e. The van der Waals surface area contributed by atoms with Crippen LogP contribution in [0.4, 0.5) is 5.13 Å². The molecule has 30 heavy (non-hydrogen) atoms. The topological polar surface area (TPSA) is 92.5 Å². The van der Waals surface area contributed by atoms with Gasteiger partial charge in [0.15, 0.2) is 10.9 Å². The first kappa shape index (κ1) is 19.0. The number of hydrogen-bond acceptors (Lipinski definition) is 6. The Bertz CT molecular complexity index is 1340. The lowest BCUT2D eigenvalue weighted by atomic mass is 10.1. The number of amides is 1. The molecular formula is C21H17N3O4S2. The number of nitrogens with zero attached hydrogens (tertiary/aromatic N) is 2. The van der Waals surface area contributed by atoms with Crippen LogP contribution >= 0.6 is 11.3 Å². The molecule has 0 radical (unpaired) electrons. The van der Waals surface area contributed by atoms with Gasteiger partial charge in [-0.2, -0.15) is 4.31 Å². The Labute approximate surface area is 177 Å². The van der Waals surface area contributed by atoms with Crippen LogP contribution in [0.1, 0.15) is 21.1 Å². The van der Waals surface area contributed by atoms with E-state index in [2.05, 4.69) is 10.3 Å². The molecular weight excluding hydrogens is 422 g/mol. The molecule has 7 nitrogen and oxygen atoms in total. The number of benzene rings is 2. The van der Waals surface area contributed by atoms with Crippen molar-refractivity contribution in [3.8, 4) is 0 Å². The molecule has 0 fully saturated rings. The second-order valence-corrected chi connectivity index (χ2v) is 9.94. The number of furan rings is 1. The van der Waals surface area contributed by atoms with E-state index in [1.54, 1.807) is 24.3 Å². The van der Waals surface area contributed by atoms with Gasteiger partial charge in [-0.05, 0) is 35.0 Å². The van der Waals surface area contributed by atoms with Crippen molar-refractivity contribution in [1.29, 1.82) is 0 Å². The number of sulfonamides is 1. The molecule has 0 aliphatic carbocycles. The largest absolute Gasteiger partial charge is 0.459 e. The predicted molar refractivity (Wildman–Crippen MR) is 114 cm³/mol. The molecule has 1 aliphatic heterocycles. The summed E-state index contributed by atoms with van der Waals surface area (Å²) in [5.41, 5.74) is 0.819. The lowest BCUT2D eigenvalue weighted by Gasteiger charge is -2.25. The lowest BCUT2D eigenvalue weighted by Crippen LogP contribution is -2.35. The van der Waals surface area contributed by atoms with Gasteiger partial charge in [0.05, 0.1) is 23.4 Å². The van der Waals surface area contributed by atoms with Crippen LogP contribution in [0.5, 0.6) is 0 Å². The van der Waals surface area contributed by atoms with E-state index < -0.39 is 10.0 Å². The van der Waals surface area contributed by atoms with Crippen molar-refractivity contribution < 1.29 is 17.6 Å². The average Bonchev–Trinajstić information content (AvgIpc) is 3.42. The van der Waals surface area contributed by atoms with E-state index in [0.29, 0.717) is 18.1 Å². The Balaban J connectivity index is 1.38. The highest BCUT2D eigenvalue weighted by Crippen LogP contribution is 2.32. The quantitative estimate of drug-likeness (QED) is 0.521. The van der Waals surface area contributed by atoms with Gasteiger partial charge in [-0.15, -0.1) is 11.3 Å². The standard InChI is InChI=1S/C21H17N3O4S2/c25-20(18-6-3-11-28-18)23-21-22-17-9-10-24(13-19(17)29-21)30(26,27)16-8-7-14-4-1-2-5-15(14)12-16/h1-8,11-12H,9-10,13H2,(H,22,23,25). The zero-order chi connectivity index (χ0) is 20.7. The summed E-state index contributed by atoms with van der Waals surface area (Å²) in [4.78, 5) is 17.7. The number of aromatic nitrogens is 1. The maximum Gasteiger partial charge on any atom is 0.293 e. The molecule has 1 amide bonds. The van der Waals surface area contributed by atoms with Crippen molar-refractivity contribution >= 4 is 43.2 Å². The van der Waals surface area contributed by atoms with Crippen LogP contribution in [0.15, 0.2) is 70.2 Å². The van der Waals surface area contributed by atoms with Crippen molar-refractivity contribution in [2.45, 2.75) is 17.9 Å². The molecule has 0 saturated carbocycles. The summed E-state index contributed by atoms with van der Waals surface area (Å²) in [6, 6.07) is 16.1. The summed E-state index contributed by atoms with van der Waals surface area (Å²) in [5.74, 6) is -0.185. The highest BCUT2D eigenvalue weighted by molar-refractivity contribution is 7.89. The van der Waals surface area contributed by atoms with E-state index in [-0.39, 0.29) is 23.1 Å². The maximum atomic E-state index is 13.2. The van der Waals surface area contributed by atoms with E-state index in [0.717, 1.165) is 21.3 Å². The number of rotatable bonds is 4. The molecule has 4 aromatic rings. The van der Waals surface area contributed by atoms with E-state index in [1.165, 1.54) is 21.9 Å². The number of anilines is 1. The van der Waals surface area contributed by atoms with Crippen LogP contribution in [-0.2, 0) is 23.0 Å². The number of thiazole rings is 1. The Morgan fingerprint density at radius 3 is 2.73 bits per heavy atom. The summed E-state index contributed by atoms with van der Waals surface area (Å²) in [6.45, 7) is 0.580. The van der Waals surface area contributed by atoms with E-state index in [1.807, 2.05) is 30.3 Å². The summed E-state index contributed by atoms with van der Waals surface area (Å²) >= 11 is 1.29. The first-order chi connectivity index (χ1) is 14.5. The van der Waals surface area contributed by atoms with Gasteiger partial charge in [-0.1, -0.05) is 30.3 Å². The minimum absolute atomic E-state index is 0.198. The second-order valence-electron chi connectivity index (χ2n) is 6.92. The zero-order valence-electron chi connectivity index (χ0n) is 15.7. The first-order valence-electron chi connectivity index (χ1n) is 9.33.